The highest BCUT2D eigenvalue weighted by Crippen LogP contribution is 2.20. The summed E-state index contributed by atoms with van der Waals surface area (Å²) < 4.78 is 39.3. The van der Waals surface area contributed by atoms with Gasteiger partial charge in [0, 0.05) is 17.9 Å². The van der Waals surface area contributed by atoms with Gasteiger partial charge < -0.3 is 14.8 Å². The highest BCUT2D eigenvalue weighted by molar-refractivity contribution is 7.90. The van der Waals surface area contributed by atoms with Crippen LogP contribution in [-0.4, -0.2) is 46.7 Å². The molecule has 0 aromatic heterocycles. The number of rotatable bonds is 10. The second kappa shape index (κ2) is 13.5. The van der Waals surface area contributed by atoms with E-state index in [2.05, 4.69) is 22.9 Å². The molecule has 39 heavy (non-hydrogen) atoms. The van der Waals surface area contributed by atoms with E-state index >= 15 is 0 Å². The van der Waals surface area contributed by atoms with Crippen molar-refractivity contribution in [3.05, 3.63) is 83.9 Å². The number of ether oxygens (including phenoxy) is 2. The Hall–Kier alpha value is -4.23. The highest BCUT2D eigenvalue weighted by atomic mass is 32.2. The number of urea groups is 2. The van der Waals surface area contributed by atoms with Crippen LogP contribution in [0.2, 0.25) is 0 Å². The van der Waals surface area contributed by atoms with Crippen LogP contribution in [0.5, 0.6) is 5.75 Å². The number of esters is 1. The molecule has 11 nitrogen and oxygen atoms in total. The van der Waals surface area contributed by atoms with Gasteiger partial charge in [0.05, 0.1) is 24.2 Å². The quantitative estimate of drug-likeness (QED) is 0.163. The molecule has 0 atom stereocenters. The van der Waals surface area contributed by atoms with Crippen LogP contribution in [0.15, 0.2) is 77.7 Å². The molecule has 0 fully saturated rings. The number of sulfonamides is 1. The van der Waals surface area contributed by atoms with E-state index in [1.165, 1.54) is 41.3 Å². The molecule has 0 unspecified atom stereocenters. The molecule has 0 heterocycles. The van der Waals surface area contributed by atoms with Gasteiger partial charge in [-0.25, -0.2) is 27.5 Å². The van der Waals surface area contributed by atoms with E-state index in [1.807, 2.05) is 11.6 Å². The number of thiol groups is 1. The monoisotopic (exact) mass is 572 g/mol. The van der Waals surface area contributed by atoms with E-state index in [9.17, 15) is 22.8 Å². The van der Waals surface area contributed by atoms with Crippen molar-refractivity contribution in [2.45, 2.75) is 18.2 Å². The molecule has 0 aliphatic carbocycles. The number of aryl methyl sites for hydroxylation is 1. The molecule has 0 saturated carbocycles. The fraction of sp³-hybridized carbons (Fsp3) is 0.192. The van der Waals surface area contributed by atoms with Crippen LogP contribution in [0, 0.1) is 6.92 Å². The van der Waals surface area contributed by atoms with Gasteiger partial charge in [-0.3, -0.25) is 9.62 Å². The first-order valence-electron chi connectivity index (χ1n) is 11.7. The Kier molecular flexibility index (Phi) is 10.2. The number of hydrogen-bond acceptors (Lipinski definition) is 8. The average Bonchev–Trinajstić information content (AvgIpc) is 2.93. The zero-order valence-corrected chi connectivity index (χ0v) is 22.9. The normalized spacial score (nSPS) is 10.7. The standard InChI is InChI=1S/C26H28N4O7S2/c1-18-4-14-23(15-5-18)39(34,35)29-25(32)27-20-8-6-19(7-9-20)24(31)37-17-3-16-30(26(33)28-38)21-10-12-22(36-2)13-11-21/h4-15,38H,3,16-17H2,1-2H3,(H,28,33)(H2,27,29,32). The van der Waals surface area contributed by atoms with Crippen molar-refractivity contribution in [2.24, 2.45) is 0 Å². The van der Waals surface area contributed by atoms with E-state index < -0.39 is 28.1 Å². The van der Waals surface area contributed by atoms with Gasteiger partial charge in [0.15, 0.2) is 0 Å². The van der Waals surface area contributed by atoms with Gasteiger partial charge in [-0.1, -0.05) is 30.5 Å². The topological polar surface area (TPSA) is 143 Å². The van der Waals surface area contributed by atoms with Crippen molar-refractivity contribution in [1.29, 1.82) is 0 Å². The first-order valence-corrected chi connectivity index (χ1v) is 13.6. The summed E-state index contributed by atoms with van der Waals surface area (Å²) in [7, 11) is -2.50. The summed E-state index contributed by atoms with van der Waals surface area (Å²) in [6, 6.07) is 17.3. The number of hydrogen-bond donors (Lipinski definition) is 4. The minimum Gasteiger partial charge on any atom is -0.497 e. The lowest BCUT2D eigenvalue weighted by Crippen LogP contribution is -2.37. The molecule has 206 valence electrons. The van der Waals surface area contributed by atoms with Gasteiger partial charge in [-0.2, -0.15) is 0 Å². The number of anilines is 2. The number of carbonyl (C=O) groups is 3. The molecular formula is C26H28N4O7S2. The molecule has 0 spiro atoms. The van der Waals surface area contributed by atoms with Gasteiger partial charge in [-0.15, -0.1) is 0 Å². The maximum Gasteiger partial charge on any atom is 0.338 e. The summed E-state index contributed by atoms with van der Waals surface area (Å²) >= 11 is 3.83. The Balaban J connectivity index is 1.49. The number of amides is 4. The van der Waals surface area contributed by atoms with Gasteiger partial charge in [-0.05, 0) is 74.0 Å². The van der Waals surface area contributed by atoms with E-state index in [-0.39, 0.29) is 29.3 Å². The fourth-order valence-electron chi connectivity index (χ4n) is 3.39. The maximum atomic E-state index is 12.4. The maximum absolute atomic E-state index is 12.4. The third-order valence-electron chi connectivity index (χ3n) is 5.42. The van der Waals surface area contributed by atoms with Crippen molar-refractivity contribution in [2.75, 3.05) is 30.5 Å². The summed E-state index contributed by atoms with van der Waals surface area (Å²) in [6.45, 7) is 2.12. The average molecular weight is 573 g/mol. The van der Waals surface area contributed by atoms with E-state index in [0.717, 1.165) is 5.56 Å². The molecule has 0 aliphatic heterocycles. The van der Waals surface area contributed by atoms with Crippen LogP contribution >= 0.6 is 12.8 Å². The highest BCUT2D eigenvalue weighted by Gasteiger charge is 2.18. The third-order valence-corrected chi connectivity index (χ3v) is 6.96. The summed E-state index contributed by atoms with van der Waals surface area (Å²) in [5.74, 6) is 0.0515. The van der Waals surface area contributed by atoms with Crippen molar-refractivity contribution in [3.8, 4) is 5.75 Å². The minimum atomic E-state index is -4.04. The van der Waals surface area contributed by atoms with Crippen LogP contribution < -0.4 is 24.4 Å². The Morgan fingerprint density at radius 1 is 0.923 bits per heavy atom. The first kappa shape index (κ1) is 29.3. The van der Waals surface area contributed by atoms with Crippen LogP contribution in [0.3, 0.4) is 0 Å². The summed E-state index contributed by atoms with van der Waals surface area (Å²) in [5, 5.41) is 2.41. The molecular weight excluding hydrogens is 544 g/mol. The van der Waals surface area contributed by atoms with Crippen LogP contribution in [0.1, 0.15) is 22.3 Å². The Morgan fingerprint density at radius 3 is 2.15 bits per heavy atom. The Morgan fingerprint density at radius 2 is 1.56 bits per heavy atom. The molecule has 0 saturated heterocycles. The van der Waals surface area contributed by atoms with Crippen LogP contribution in [0.25, 0.3) is 0 Å². The Labute approximate surface area is 232 Å². The molecule has 3 aromatic carbocycles. The zero-order valence-electron chi connectivity index (χ0n) is 21.2. The van der Waals surface area contributed by atoms with Crippen LogP contribution in [0.4, 0.5) is 21.0 Å². The molecule has 0 aliphatic rings. The number of nitrogens with zero attached hydrogens (tertiary/aromatic N) is 1. The molecule has 3 aromatic rings. The van der Waals surface area contributed by atoms with Crippen molar-refractivity contribution in [3.63, 3.8) is 0 Å². The number of carbonyl (C=O) groups excluding carboxylic acids is 3. The van der Waals surface area contributed by atoms with Gasteiger partial charge >= 0.3 is 18.0 Å². The molecule has 0 radical (unpaired) electrons. The lowest BCUT2D eigenvalue weighted by Gasteiger charge is -2.22. The lowest BCUT2D eigenvalue weighted by atomic mass is 10.2. The van der Waals surface area contributed by atoms with Gasteiger partial charge in [0.1, 0.15) is 5.75 Å². The third kappa shape index (κ3) is 8.38. The summed E-state index contributed by atoms with van der Waals surface area (Å²) in [4.78, 5) is 38.2. The lowest BCUT2D eigenvalue weighted by molar-refractivity contribution is 0.0503. The van der Waals surface area contributed by atoms with Gasteiger partial charge in [0.2, 0.25) is 0 Å². The predicted octanol–water partition coefficient (Wildman–Crippen LogP) is 4.12. The summed E-state index contributed by atoms with van der Waals surface area (Å²) in [5.41, 5.74) is 2.00. The summed E-state index contributed by atoms with van der Waals surface area (Å²) in [6.07, 6.45) is 0.355. The Bertz CT molecular complexity index is 1400. The largest absolute Gasteiger partial charge is 0.497 e. The van der Waals surface area contributed by atoms with E-state index in [1.54, 1.807) is 43.5 Å². The van der Waals surface area contributed by atoms with Gasteiger partial charge in [0.25, 0.3) is 10.0 Å². The second-order valence-electron chi connectivity index (χ2n) is 8.21. The number of nitrogens with one attached hydrogen (secondary N) is 3. The van der Waals surface area contributed by atoms with Crippen molar-refractivity contribution < 1.29 is 32.3 Å². The number of benzene rings is 3. The zero-order chi connectivity index (χ0) is 28.4. The number of methoxy groups -OCH3 is 1. The van der Waals surface area contributed by atoms with E-state index in [0.29, 0.717) is 17.9 Å². The molecule has 13 heteroatoms. The fourth-order valence-corrected chi connectivity index (χ4v) is 4.41. The van der Waals surface area contributed by atoms with Crippen molar-refractivity contribution in [1.82, 2.24) is 9.44 Å². The van der Waals surface area contributed by atoms with Crippen LogP contribution in [-0.2, 0) is 14.8 Å². The minimum absolute atomic E-state index is 0.0419. The molecule has 0 bridgehead atoms. The van der Waals surface area contributed by atoms with E-state index in [4.69, 9.17) is 9.47 Å². The second-order valence-corrected chi connectivity index (χ2v) is 10.1. The smallest absolute Gasteiger partial charge is 0.338 e. The first-order chi connectivity index (χ1) is 18.6. The van der Waals surface area contributed by atoms with Crippen molar-refractivity contribution >= 4 is 52.2 Å². The predicted molar refractivity (Wildman–Crippen MR) is 150 cm³/mol. The molecule has 4 amide bonds. The molecule has 3 rings (SSSR count). The molecule has 3 N–H and O–H groups in total. The SMILES string of the molecule is COc1ccc(N(CCCOC(=O)c2ccc(NC(=O)NS(=O)(=O)c3ccc(C)cc3)cc2)C(=O)NS)cc1.